The van der Waals surface area contributed by atoms with Gasteiger partial charge >= 0.3 is 6.01 Å². The molecule has 0 aliphatic carbocycles. The molecule has 0 saturated carbocycles. The summed E-state index contributed by atoms with van der Waals surface area (Å²) < 4.78 is 36.6. The fourth-order valence-electron chi connectivity index (χ4n) is 1.68. The number of aromatic nitrogens is 2. The highest BCUT2D eigenvalue weighted by Gasteiger charge is 2.16. The summed E-state index contributed by atoms with van der Waals surface area (Å²) in [5.41, 5.74) is 0.738. The van der Waals surface area contributed by atoms with Gasteiger partial charge in [-0.15, -0.1) is 0 Å². The maximum absolute atomic E-state index is 12.2. The van der Waals surface area contributed by atoms with Crippen LogP contribution in [-0.2, 0) is 15.8 Å². The number of halogens is 1. The summed E-state index contributed by atoms with van der Waals surface area (Å²) in [6.45, 7) is 0. The van der Waals surface area contributed by atoms with Crippen LogP contribution in [0.5, 0.6) is 11.9 Å². The molecule has 118 valence electrons. The molecule has 0 amide bonds. The van der Waals surface area contributed by atoms with Crippen LogP contribution >= 0.6 is 11.6 Å². The Bertz CT molecular complexity index is 750. The molecule has 2 aromatic rings. The van der Waals surface area contributed by atoms with Crippen LogP contribution in [0.3, 0.4) is 0 Å². The van der Waals surface area contributed by atoms with Crippen molar-refractivity contribution in [3.63, 3.8) is 0 Å². The van der Waals surface area contributed by atoms with Crippen LogP contribution < -0.4 is 14.2 Å². The lowest BCUT2D eigenvalue weighted by Crippen LogP contribution is -2.16. The Balaban J connectivity index is 2.19. The third-order valence-electron chi connectivity index (χ3n) is 2.64. The molecule has 1 aromatic heterocycles. The van der Waals surface area contributed by atoms with Gasteiger partial charge in [-0.2, -0.15) is 4.98 Å². The van der Waals surface area contributed by atoms with E-state index in [2.05, 4.69) is 14.7 Å². The molecule has 1 N–H and O–H groups in total. The Labute approximate surface area is 133 Å². The predicted octanol–water partition coefficient (Wildman–Crippen LogP) is 2.09. The fourth-order valence-corrected chi connectivity index (χ4v) is 2.98. The zero-order valence-corrected chi connectivity index (χ0v) is 13.5. The first-order chi connectivity index (χ1) is 10.4. The third kappa shape index (κ3) is 4.22. The van der Waals surface area contributed by atoms with Gasteiger partial charge < -0.3 is 9.47 Å². The van der Waals surface area contributed by atoms with Gasteiger partial charge in [0.2, 0.25) is 15.9 Å². The normalized spacial score (nSPS) is 11.0. The van der Waals surface area contributed by atoms with E-state index in [1.807, 2.05) is 0 Å². The van der Waals surface area contributed by atoms with Crippen molar-refractivity contribution in [1.82, 2.24) is 9.97 Å². The van der Waals surface area contributed by atoms with Gasteiger partial charge in [0.05, 0.1) is 26.2 Å². The van der Waals surface area contributed by atoms with Gasteiger partial charge in [-0.25, -0.2) is 13.4 Å². The Hall–Kier alpha value is -2.06. The van der Waals surface area contributed by atoms with Gasteiger partial charge in [-0.1, -0.05) is 23.7 Å². The topological polar surface area (TPSA) is 90.4 Å². The summed E-state index contributed by atoms with van der Waals surface area (Å²) in [5.74, 6) is -0.133. The first-order valence-corrected chi connectivity index (χ1v) is 8.16. The number of methoxy groups -OCH3 is 2. The number of nitrogens with one attached hydrogen (secondary N) is 1. The van der Waals surface area contributed by atoms with Crippen LogP contribution in [0.4, 0.5) is 5.69 Å². The molecule has 9 heteroatoms. The van der Waals surface area contributed by atoms with Crippen LogP contribution in [0.15, 0.2) is 30.5 Å². The summed E-state index contributed by atoms with van der Waals surface area (Å²) in [7, 11) is -0.871. The lowest BCUT2D eigenvalue weighted by atomic mass is 10.2. The lowest BCUT2D eigenvalue weighted by molar-refractivity contribution is 0.353. The number of nitrogens with zero attached hydrogens (tertiary/aromatic N) is 2. The Morgan fingerprint density at radius 2 is 1.86 bits per heavy atom. The van der Waals surface area contributed by atoms with Crippen molar-refractivity contribution in [1.29, 1.82) is 0 Å². The molecule has 0 unspecified atom stereocenters. The first kappa shape index (κ1) is 16.3. The van der Waals surface area contributed by atoms with Crippen LogP contribution in [-0.4, -0.2) is 32.6 Å². The minimum absolute atomic E-state index is 0.0755. The van der Waals surface area contributed by atoms with E-state index in [-0.39, 0.29) is 23.3 Å². The van der Waals surface area contributed by atoms with Gasteiger partial charge in [0, 0.05) is 5.02 Å². The summed E-state index contributed by atoms with van der Waals surface area (Å²) in [6.07, 6.45) is 1.28. The molecule has 0 aliphatic rings. The number of rotatable bonds is 6. The van der Waals surface area contributed by atoms with Crippen LogP contribution in [0, 0.1) is 0 Å². The fraction of sp³-hybridized carbons (Fsp3) is 0.231. The number of hydrogen-bond acceptors (Lipinski definition) is 6. The van der Waals surface area contributed by atoms with E-state index in [9.17, 15) is 8.42 Å². The molecule has 0 atom stereocenters. The predicted molar refractivity (Wildman–Crippen MR) is 82.8 cm³/mol. The maximum atomic E-state index is 12.2. The van der Waals surface area contributed by atoms with Crippen molar-refractivity contribution in [2.45, 2.75) is 5.75 Å². The molecule has 0 bridgehead atoms. The van der Waals surface area contributed by atoms with Gasteiger partial charge in [-0.3, -0.25) is 4.72 Å². The van der Waals surface area contributed by atoms with Crippen LogP contribution in [0.2, 0.25) is 5.02 Å². The number of benzene rings is 1. The Morgan fingerprint density at radius 3 is 2.45 bits per heavy atom. The average molecular weight is 344 g/mol. The first-order valence-electron chi connectivity index (χ1n) is 6.13. The Morgan fingerprint density at radius 1 is 1.18 bits per heavy atom. The van der Waals surface area contributed by atoms with Gasteiger partial charge in [0.1, 0.15) is 5.69 Å². The smallest absolute Gasteiger partial charge is 0.319 e. The molecular weight excluding hydrogens is 330 g/mol. The molecular formula is C13H14ClN3O4S. The third-order valence-corrected chi connectivity index (χ3v) is 4.14. The van der Waals surface area contributed by atoms with E-state index in [0.717, 1.165) is 0 Å². The molecule has 0 aliphatic heterocycles. The SMILES string of the molecule is COc1ncc(NS(=O)(=O)Cc2ccc(Cl)cc2)c(OC)n1. The highest BCUT2D eigenvalue weighted by atomic mass is 35.5. The van der Waals surface area contributed by atoms with E-state index in [0.29, 0.717) is 10.6 Å². The second kappa shape index (κ2) is 6.80. The van der Waals surface area contributed by atoms with Crippen molar-refractivity contribution >= 4 is 27.3 Å². The van der Waals surface area contributed by atoms with Gasteiger partial charge in [0.15, 0.2) is 0 Å². The zero-order chi connectivity index (χ0) is 16.2. The molecule has 1 aromatic carbocycles. The molecule has 7 nitrogen and oxygen atoms in total. The van der Waals surface area contributed by atoms with E-state index in [1.54, 1.807) is 24.3 Å². The standard InChI is InChI=1S/C13H14ClN3O4S/c1-20-12-11(7-15-13(16-12)21-2)17-22(18,19)8-9-3-5-10(14)6-4-9/h3-7,17H,8H2,1-2H3. The van der Waals surface area contributed by atoms with Gasteiger partial charge in [-0.05, 0) is 17.7 Å². The highest BCUT2D eigenvalue weighted by molar-refractivity contribution is 7.91. The summed E-state index contributed by atoms with van der Waals surface area (Å²) >= 11 is 5.77. The average Bonchev–Trinajstić information content (AvgIpc) is 2.49. The minimum atomic E-state index is -3.65. The summed E-state index contributed by atoms with van der Waals surface area (Å²) in [5, 5.41) is 0.541. The number of hydrogen-bond donors (Lipinski definition) is 1. The monoisotopic (exact) mass is 343 g/mol. The quantitative estimate of drug-likeness (QED) is 0.863. The second-order valence-electron chi connectivity index (χ2n) is 4.27. The van der Waals surface area contributed by atoms with Gasteiger partial charge in [0.25, 0.3) is 0 Å². The molecule has 0 radical (unpaired) electrons. The molecule has 0 fully saturated rings. The number of ether oxygens (including phenoxy) is 2. The zero-order valence-electron chi connectivity index (χ0n) is 11.9. The van der Waals surface area contributed by atoms with Crippen LogP contribution in [0.25, 0.3) is 0 Å². The lowest BCUT2D eigenvalue weighted by Gasteiger charge is -2.11. The number of anilines is 1. The molecule has 2 rings (SSSR count). The van der Waals surface area contributed by atoms with Crippen LogP contribution in [0.1, 0.15) is 5.56 Å². The minimum Gasteiger partial charge on any atom is -0.479 e. The van der Waals surface area contributed by atoms with E-state index in [1.165, 1.54) is 20.4 Å². The van der Waals surface area contributed by atoms with E-state index in [4.69, 9.17) is 21.1 Å². The van der Waals surface area contributed by atoms with Crippen molar-refractivity contribution in [2.24, 2.45) is 0 Å². The molecule has 0 saturated heterocycles. The van der Waals surface area contributed by atoms with E-state index >= 15 is 0 Å². The van der Waals surface area contributed by atoms with Crippen molar-refractivity contribution in [2.75, 3.05) is 18.9 Å². The Kier molecular flexibility index (Phi) is 5.04. The van der Waals surface area contributed by atoms with E-state index < -0.39 is 10.0 Å². The molecule has 1 heterocycles. The van der Waals surface area contributed by atoms with Crippen molar-refractivity contribution in [3.8, 4) is 11.9 Å². The van der Waals surface area contributed by atoms with Crippen molar-refractivity contribution in [3.05, 3.63) is 41.0 Å². The molecule has 0 spiro atoms. The number of sulfonamides is 1. The maximum Gasteiger partial charge on any atom is 0.319 e. The summed E-state index contributed by atoms with van der Waals surface area (Å²) in [4.78, 5) is 7.76. The highest BCUT2D eigenvalue weighted by Crippen LogP contribution is 2.24. The second-order valence-corrected chi connectivity index (χ2v) is 6.43. The largest absolute Gasteiger partial charge is 0.479 e. The molecule has 22 heavy (non-hydrogen) atoms. The summed E-state index contributed by atoms with van der Waals surface area (Å²) in [6, 6.07) is 6.62. The van der Waals surface area contributed by atoms with Crippen molar-refractivity contribution < 1.29 is 17.9 Å².